The summed E-state index contributed by atoms with van der Waals surface area (Å²) in [7, 11) is -0.200. The van der Waals surface area contributed by atoms with E-state index in [0.717, 1.165) is 30.7 Å². The standard InChI is InChI=1S/C20H27N3O2S/c1-16-12-18(13-17-8-5-4-6-9-17)14-20(21-16)19-10-7-11-23(15-19)26(24,25)22(2)3/h4-6,8-9,12,14,19H,7,10-11,13,15H2,1-3H3. The van der Waals surface area contributed by atoms with Crippen molar-refractivity contribution in [2.45, 2.75) is 32.1 Å². The minimum absolute atomic E-state index is 0.146. The van der Waals surface area contributed by atoms with Crippen LogP contribution in [0.5, 0.6) is 0 Å². The fraction of sp³-hybridized carbons (Fsp3) is 0.450. The van der Waals surface area contributed by atoms with Crippen molar-refractivity contribution in [3.8, 4) is 0 Å². The van der Waals surface area contributed by atoms with E-state index in [9.17, 15) is 8.42 Å². The molecule has 1 aromatic heterocycles. The Balaban J connectivity index is 1.82. The predicted molar refractivity (Wildman–Crippen MR) is 104 cm³/mol. The zero-order chi connectivity index (χ0) is 18.7. The van der Waals surface area contributed by atoms with Gasteiger partial charge in [0.05, 0.1) is 0 Å². The number of piperidine rings is 1. The lowest BCUT2D eigenvalue weighted by Crippen LogP contribution is -2.45. The van der Waals surface area contributed by atoms with E-state index < -0.39 is 10.2 Å². The third kappa shape index (κ3) is 4.31. The molecule has 0 N–H and O–H groups in total. The molecule has 0 aliphatic carbocycles. The van der Waals surface area contributed by atoms with E-state index in [4.69, 9.17) is 4.98 Å². The summed E-state index contributed by atoms with van der Waals surface area (Å²) in [6, 6.07) is 14.6. The first kappa shape index (κ1) is 19.0. The summed E-state index contributed by atoms with van der Waals surface area (Å²) >= 11 is 0. The zero-order valence-electron chi connectivity index (χ0n) is 15.7. The van der Waals surface area contributed by atoms with Gasteiger partial charge in [-0.05, 0) is 49.4 Å². The average Bonchev–Trinajstić information content (AvgIpc) is 2.62. The van der Waals surface area contributed by atoms with Crippen LogP contribution in [0.25, 0.3) is 0 Å². The smallest absolute Gasteiger partial charge is 0.258 e. The lowest BCUT2D eigenvalue weighted by atomic mass is 9.93. The van der Waals surface area contributed by atoms with Gasteiger partial charge in [0.25, 0.3) is 10.2 Å². The van der Waals surface area contributed by atoms with Gasteiger partial charge in [0.15, 0.2) is 0 Å². The second-order valence-corrected chi connectivity index (χ2v) is 9.33. The van der Waals surface area contributed by atoms with Gasteiger partial charge in [-0.3, -0.25) is 4.98 Å². The summed E-state index contributed by atoms with van der Waals surface area (Å²) in [5, 5.41) is 0. The Morgan fingerprint density at radius 1 is 1.15 bits per heavy atom. The molecule has 1 fully saturated rings. The molecule has 2 heterocycles. The number of pyridine rings is 1. The molecule has 0 radical (unpaired) electrons. The fourth-order valence-electron chi connectivity index (χ4n) is 3.54. The van der Waals surface area contributed by atoms with E-state index in [1.165, 1.54) is 15.4 Å². The third-order valence-electron chi connectivity index (χ3n) is 4.87. The molecule has 3 rings (SSSR count). The van der Waals surface area contributed by atoms with Crippen molar-refractivity contribution in [3.05, 3.63) is 65.0 Å². The van der Waals surface area contributed by atoms with Crippen LogP contribution in [0.1, 0.15) is 41.3 Å². The van der Waals surface area contributed by atoms with Gasteiger partial charge in [0.2, 0.25) is 0 Å². The molecule has 1 unspecified atom stereocenters. The molecule has 1 aliphatic rings. The van der Waals surface area contributed by atoms with Crippen LogP contribution in [0.15, 0.2) is 42.5 Å². The molecule has 2 aromatic rings. The van der Waals surface area contributed by atoms with Crippen LogP contribution in [0, 0.1) is 6.92 Å². The van der Waals surface area contributed by atoms with Crippen LogP contribution < -0.4 is 0 Å². The summed E-state index contributed by atoms with van der Waals surface area (Å²) in [5.74, 6) is 0.146. The lowest BCUT2D eigenvalue weighted by Gasteiger charge is -2.33. The van der Waals surface area contributed by atoms with Gasteiger partial charge in [0.1, 0.15) is 0 Å². The van der Waals surface area contributed by atoms with Crippen LogP contribution in [0.2, 0.25) is 0 Å². The van der Waals surface area contributed by atoms with Gasteiger partial charge >= 0.3 is 0 Å². The monoisotopic (exact) mass is 373 g/mol. The number of rotatable bonds is 5. The number of aryl methyl sites for hydroxylation is 1. The molecule has 0 bridgehead atoms. The Labute approximate surface area is 156 Å². The molecule has 26 heavy (non-hydrogen) atoms. The average molecular weight is 374 g/mol. The van der Waals surface area contributed by atoms with Crippen molar-refractivity contribution in [3.63, 3.8) is 0 Å². The van der Waals surface area contributed by atoms with Gasteiger partial charge < -0.3 is 0 Å². The van der Waals surface area contributed by atoms with Crippen molar-refractivity contribution in [1.82, 2.24) is 13.6 Å². The molecule has 0 spiro atoms. The lowest BCUT2D eigenvalue weighted by molar-refractivity contribution is 0.296. The maximum Gasteiger partial charge on any atom is 0.281 e. The molecule has 1 saturated heterocycles. The highest BCUT2D eigenvalue weighted by Crippen LogP contribution is 2.29. The Bertz CT molecular complexity index is 851. The van der Waals surface area contributed by atoms with Crippen LogP contribution in [-0.4, -0.2) is 49.2 Å². The highest BCUT2D eigenvalue weighted by Gasteiger charge is 2.31. The van der Waals surface area contributed by atoms with E-state index in [1.54, 1.807) is 18.4 Å². The number of hydrogen-bond acceptors (Lipinski definition) is 3. The van der Waals surface area contributed by atoms with E-state index in [-0.39, 0.29) is 5.92 Å². The Hall–Kier alpha value is -1.76. The first-order valence-corrected chi connectivity index (χ1v) is 10.4. The molecule has 5 nitrogen and oxygen atoms in total. The van der Waals surface area contributed by atoms with Crippen molar-refractivity contribution >= 4 is 10.2 Å². The predicted octanol–water partition coefficient (Wildman–Crippen LogP) is 2.97. The van der Waals surface area contributed by atoms with Gasteiger partial charge in [-0.2, -0.15) is 17.0 Å². The summed E-state index contributed by atoms with van der Waals surface area (Å²) in [6.07, 6.45) is 2.70. The van der Waals surface area contributed by atoms with E-state index in [2.05, 4.69) is 36.4 Å². The molecule has 0 amide bonds. The number of nitrogens with zero attached hydrogens (tertiary/aromatic N) is 3. The quantitative estimate of drug-likeness (QED) is 0.810. The first-order valence-electron chi connectivity index (χ1n) is 9.05. The van der Waals surface area contributed by atoms with E-state index >= 15 is 0 Å². The van der Waals surface area contributed by atoms with Gasteiger partial charge in [0, 0.05) is 44.5 Å². The molecular weight excluding hydrogens is 346 g/mol. The second kappa shape index (κ2) is 7.86. The van der Waals surface area contributed by atoms with Crippen LogP contribution in [0.3, 0.4) is 0 Å². The van der Waals surface area contributed by atoms with Gasteiger partial charge in [-0.1, -0.05) is 30.3 Å². The third-order valence-corrected chi connectivity index (χ3v) is 6.78. The normalized spacial score (nSPS) is 19.0. The summed E-state index contributed by atoms with van der Waals surface area (Å²) in [6.45, 7) is 3.09. The Morgan fingerprint density at radius 2 is 1.88 bits per heavy atom. The largest absolute Gasteiger partial charge is 0.281 e. The Kier molecular flexibility index (Phi) is 5.75. The minimum Gasteiger partial charge on any atom is -0.258 e. The molecular formula is C20H27N3O2S. The van der Waals surface area contributed by atoms with Crippen LogP contribution >= 0.6 is 0 Å². The number of benzene rings is 1. The van der Waals surface area contributed by atoms with Gasteiger partial charge in [-0.25, -0.2) is 0 Å². The molecule has 1 aliphatic heterocycles. The molecule has 140 valence electrons. The maximum absolute atomic E-state index is 12.5. The number of hydrogen-bond donors (Lipinski definition) is 0. The van der Waals surface area contributed by atoms with Crippen molar-refractivity contribution < 1.29 is 8.42 Å². The highest BCUT2D eigenvalue weighted by atomic mass is 32.2. The first-order chi connectivity index (χ1) is 12.4. The van der Waals surface area contributed by atoms with Gasteiger partial charge in [-0.15, -0.1) is 0 Å². The fourth-order valence-corrected chi connectivity index (χ4v) is 4.73. The van der Waals surface area contributed by atoms with Crippen LogP contribution in [-0.2, 0) is 16.6 Å². The Morgan fingerprint density at radius 3 is 2.58 bits per heavy atom. The van der Waals surface area contributed by atoms with Crippen molar-refractivity contribution in [1.29, 1.82) is 0 Å². The summed E-state index contributed by atoms with van der Waals surface area (Å²) in [5.41, 5.74) is 4.49. The molecule has 0 saturated carbocycles. The van der Waals surface area contributed by atoms with E-state index in [0.29, 0.717) is 13.1 Å². The summed E-state index contributed by atoms with van der Waals surface area (Å²) < 4.78 is 27.8. The highest BCUT2D eigenvalue weighted by molar-refractivity contribution is 7.86. The molecule has 6 heteroatoms. The zero-order valence-corrected chi connectivity index (χ0v) is 16.5. The van der Waals surface area contributed by atoms with E-state index in [1.807, 2.05) is 13.0 Å². The number of aromatic nitrogens is 1. The summed E-state index contributed by atoms with van der Waals surface area (Å²) in [4.78, 5) is 4.73. The van der Waals surface area contributed by atoms with Crippen molar-refractivity contribution in [2.24, 2.45) is 0 Å². The van der Waals surface area contributed by atoms with Crippen LogP contribution in [0.4, 0.5) is 0 Å². The second-order valence-electron chi connectivity index (χ2n) is 7.19. The van der Waals surface area contributed by atoms with Crippen molar-refractivity contribution in [2.75, 3.05) is 27.2 Å². The molecule has 1 aromatic carbocycles. The SMILES string of the molecule is Cc1cc(Cc2ccccc2)cc(C2CCCN(S(=O)(=O)N(C)C)C2)n1. The topological polar surface area (TPSA) is 53.5 Å². The minimum atomic E-state index is -3.37. The molecule has 1 atom stereocenters. The maximum atomic E-state index is 12.5.